The molecule has 2 aromatic rings. The highest BCUT2D eigenvalue weighted by molar-refractivity contribution is 7.99. The lowest BCUT2D eigenvalue weighted by Gasteiger charge is -2.07. The van der Waals surface area contributed by atoms with Crippen molar-refractivity contribution < 1.29 is 13.9 Å². The number of aromatic nitrogens is 2. The predicted octanol–water partition coefficient (Wildman–Crippen LogP) is 2.64. The lowest BCUT2D eigenvalue weighted by atomic mass is 10.2. The molecular formula is C14H14F2N2O2S. The number of aliphatic hydroxyl groups excluding tert-OH is 1. The highest BCUT2D eigenvalue weighted by Crippen LogP contribution is 2.30. The van der Waals surface area contributed by atoms with Gasteiger partial charge in [-0.25, -0.2) is 13.8 Å². The van der Waals surface area contributed by atoms with E-state index in [1.807, 2.05) is 6.92 Å². The number of hydrogen-bond acceptors (Lipinski definition) is 4. The average molecular weight is 312 g/mol. The molecule has 0 saturated carbocycles. The van der Waals surface area contributed by atoms with Gasteiger partial charge in [0.2, 0.25) is 0 Å². The summed E-state index contributed by atoms with van der Waals surface area (Å²) in [5.41, 5.74) is 0.371. The molecule has 1 aromatic heterocycles. The largest absolute Gasteiger partial charge is 0.392 e. The van der Waals surface area contributed by atoms with Gasteiger partial charge in [0, 0.05) is 11.8 Å². The molecule has 1 aromatic carbocycles. The molecule has 0 atom stereocenters. The zero-order valence-electron chi connectivity index (χ0n) is 11.3. The topological polar surface area (TPSA) is 66.0 Å². The van der Waals surface area contributed by atoms with Crippen molar-refractivity contribution >= 4 is 11.8 Å². The summed E-state index contributed by atoms with van der Waals surface area (Å²) in [6, 6.07) is 3.48. The van der Waals surface area contributed by atoms with Crippen molar-refractivity contribution in [3.8, 4) is 0 Å². The van der Waals surface area contributed by atoms with Crippen LogP contribution in [-0.2, 0) is 13.0 Å². The van der Waals surface area contributed by atoms with Gasteiger partial charge in [-0.2, -0.15) is 0 Å². The van der Waals surface area contributed by atoms with E-state index in [-0.39, 0.29) is 21.2 Å². The predicted molar refractivity (Wildman–Crippen MR) is 75.3 cm³/mol. The van der Waals surface area contributed by atoms with Crippen molar-refractivity contribution in [1.29, 1.82) is 0 Å². The van der Waals surface area contributed by atoms with Gasteiger partial charge < -0.3 is 10.1 Å². The molecule has 2 N–H and O–H groups in total. The SMILES string of the molecule is CCCc1cc(=O)[nH]c(Sc2c(F)cc(CO)cc2F)n1. The first-order chi connectivity index (χ1) is 10.0. The van der Waals surface area contributed by atoms with Gasteiger partial charge in [-0.1, -0.05) is 13.3 Å². The first-order valence-electron chi connectivity index (χ1n) is 6.40. The van der Waals surface area contributed by atoms with Crippen LogP contribution in [0.1, 0.15) is 24.6 Å². The lowest BCUT2D eigenvalue weighted by molar-refractivity contribution is 0.280. The Morgan fingerprint density at radius 2 is 1.95 bits per heavy atom. The van der Waals surface area contributed by atoms with E-state index in [0.29, 0.717) is 23.9 Å². The van der Waals surface area contributed by atoms with E-state index in [0.717, 1.165) is 18.6 Å². The number of hydrogen-bond donors (Lipinski definition) is 2. The Hall–Kier alpha value is -1.73. The summed E-state index contributed by atoms with van der Waals surface area (Å²) < 4.78 is 27.7. The molecule has 4 nitrogen and oxygen atoms in total. The molecule has 0 aliphatic carbocycles. The molecule has 0 aliphatic heterocycles. The molecule has 112 valence electrons. The molecule has 21 heavy (non-hydrogen) atoms. The van der Waals surface area contributed by atoms with Crippen molar-refractivity contribution in [1.82, 2.24) is 9.97 Å². The summed E-state index contributed by atoms with van der Waals surface area (Å²) in [5.74, 6) is -1.60. The molecule has 2 rings (SSSR count). The van der Waals surface area contributed by atoms with Crippen LogP contribution < -0.4 is 5.56 Å². The van der Waals surface area contributed by atoms with Crippen LogP contribution in [0.3, 0.4) is 0 Å². The fraction of sp³-hybridized carbons (Fsp3) is 0.286. The number of H-pyrrole nitrogens is 1. The summed E-state index contributed by atoms with van der Waals surface area (Å²) >= 11 is 0.716. The van der Waals surface area contributed by atoms with E-state index >= 15 is 0 Å². The van der Waals surface area contributed by atoms with Gasteiger partial charge in [-0.3, -0.25) is 4.79 Å². The minimum absolute atomic E-state index is 0.139. The number of nitrogens with zero attached hydrogens (tertiary/aromatic N) is 1. The van der Waals surface area contributed by atoms with Crippen molar-refractivity contribution in [2.24, 2.45) is 0 Å². The summed E-state index contributed by atoms with van der Waals surface area (Å²) in [4.78, 5) is 17.9. The average Bonchev–Trinajstić information content (AvgIpc) is 2.42. The van der Waals surface area contributed by atoms with E-state index in [4.69, 9.17) is 5.11 Å². The van der Waals surface area contributed by atoms with Gasteiger partial charge in [0.05, 0.1) is 11.5 Å². The normalized spacial score (nSPS) is 10.9. The van der Waals surface area contributed by atoms with Crippen molar-refractivity contribution in [3.05, 3.63) is 51.4 Å². The summed E-state index contributed by atoms with van der Waals surface area (Å²) in [7, 11) is 0. The van der Waals surface area contributed by atoms with Crippen LogP contribution in [0.4, 0.5) is 8.78 Å². The minimum Gasteiger partial charge on any atom is -0.392 e. The molecular weight excluding hydrogens is 298 g/mol. The standard InChI is InChI=1S/C14H14F2N2O2S/c1-2-3-9-6-12(20)18-14(17-9)21-13-10(15)4-8(7-19)5-11(13)16/h4-6,19H,2-3,7H2,1H3,(H,17,18,20). The van der Waals surface area contributed by atoms with Gasteiger partial charge in [-0.15, -0.1) is 0 Å². The Balaban J connectivity index is 2.36. The molecule has 0 bridgehead atoms. The molecule has 1 heterocycles. The van der Waals surface area contributed by atoms with Gasteiger partial charge in [-0.05, 0) is 35.9 Å². The zero-order chi connectivity index (χ0) is 15.4. The van der Waals surface area contributed by atoms with Crippen LogP contribution in [0.25, 0.3) is 0 Å². The summed E-state index contributed by atoms with van der Waals surface area (Å²) in [5, 5.41) is 9.04. The maximum atomic E-state index is 13.8. The van der Waals surface area contributed by atoms with Crippen molar-refractivity contribution in [2.45, 2.75) is 36.4 Å². The van der Waals surface area contributed by atoms with Crippen LogP contribution >= 0.6 is 11.8 Å². The fourth-order valence-corrected chi connectivity index (χ4v) is 2.63. The Morgan fingerprint density at radius 3 is 2.52 bits per heavy atom. The van der Waals surface area contributed by atoms with Crippen LogP contribution in [0, 0.1) is 11.6 Å². The number of halogens is 2. The van der Waals surface area contributed by atoms with Gasteiger partial charge in [0.15, 0.2) is 5.16 Å². The third kappa shape index (κ3) is 3.89. The first-order valence-corrected chi connectivity index (χ1v) is 7.22. The van der Waals surface area contributed by atoms with Gasteiger partial charge in [0.1, 0.15) is 11.6 Å². The smallest absolute Gasteiger partial charge is 0.251 e. The van der Waals surface area contributed by atoms with Crippen LogP contribution in [0.5, 0.6) is 0 Å². The Bertz CT molecular complexity index is 681. The molecule has 0 spiro atoms. The third-order valence-corrected chi connectivity index (χ3v) is 3.70. The monoisotopic (exact) mass is 312 g/mol. The molecule has 0 unspecified atom stereocenters. The lowest BCUT2D eigenvalue weighted by Crippen LogP contribution is -2.10. The number of rotatable bonds is 5. The van der Waals surface area contributed by atoms with E-state index < -0.39 is 18.2 Å². The molecule has 0 radical (unpaired) electrons. The van der Waals surface area contributed by atoms with Gasteiger partial charge in [0.25, 0.3) is 5.56 Å². The quantitative estimate of drug-likeness (QED) is 0.833. The highest BCUT2D eigenvalue weighted by atomic mass is 32.2. The van der Waals surface area contributed by atoms with E-state index in [1.54, 1.807) is 0 Å². The molecule has 0 fully saturated rings. The van der Waals surface area contributed by atoms with Crippen LogP contribution in [0.15, 0.2) is 33.0 Å². The third-order valence-electron chi connectivity index (χ3n) is 2.72. The Morgan fingerprint density at radius 1 is 1.29 bits per heavy atom. The summed E-state index contributed by atoms with van der Waals surface area (Å²) in [6.45, 7) is 1.50. The van der Waals surface area contributed by atoms with Gasteiger partial charge >= 0.3 is 0 Å². The van der Waals surface area contributed by atoms with Crippen LogP contribution in [0.2, 0.25) is 0 Å². The molecule has 0 aliphatic rings. The molecule has 0 amide bonds. The second-order valence-corrected chi connectivity index (χ2v) is 5.44. The maximum Gasteiger partial charge on any atom is 0.251 e. The Kier molecular flexibility index (Phi) is 5.08. The first kappa shape index (κ1) is 15.7. The van der Waals surface area contributed by atoms with E-state index in [2.05, 4.69) is 9.97 Å². The number of aryl methyl sites for hydroxylation is 1. The fourth-order valence-electron chi connectivity index (χ4n) is 1.81. The molecule has 7 heteroatoms. The second-order valence-electron chi connectivity index (χ2n) is 4.44. The van der Waals surface area contributed by atoms with Crippen molar-refractivity contribution in [3.63, 3.8) is 0 Å². The molecule has 0 saturated heterocycles. The van der Waals surface area contributed by atoms with Crippen molar-refractivity contribution in [2.75, 3.05) is 0 Å². The highest BCUT2D eigenvalue weighted by Gasteiger charge is 2.14. The zero-order valence-corrected chi connectivity index (χ0v) is 12.1. The second kappa shape index (κ2) is 6.82. The van der Waals surface area contributed by atoms with E-state index in [1.165, 1.54) is 6.07 Å². The number of benzene rings is 1. The minimum atomic E-state index is -0.799. The maximum absolute atomic E-state index is 13.8. The number of aliphatic hydroxyl groups is 1. The van der Waals surface area contributed by atoms with E-state index in [9.17, 15) is 13.6 Å². The number of nitrogens with one attached hydrogen (secondary N) is 1. The summed E-state index contributed by atoms with van der Waals surface area (Å²) in [6.07, 6.45) is 1.43. The Labute approximate surface area is 124 Å². The number of aromatic amines is 1. The van der Waals surface area contributed by atoms with Crippen LogP contribution in [-0.4, -0.2) is 15.1 Å².